The van der Waals surface area contributed by atoms with Crippen LogP contribution in [0.5, 0.6) is 17.2 Å². The number of nitrogens with zero attached hydrogens (tertiary/aromatic N) is 2. The second kappa shape index (κ2) is 11.1. The van der Waals surface area contributed by atoms with Gasteiger partial charge in [-0.05, 0) is 39.0 Å². The number of halogens is 2. The highest BCUT2D eigenvalue weighted by atomic mass is 32.1. The molecule has 0 aliphatic rings. The van der Waals surface area contributed by atoms with Crippen LogP contribution in [0.2, 0.25) is 0 Å². The van der Waals surface area contributed by atoms with Gasteiger partial charge in [-0.25, -0.2) is 8.78 Å². The third kappa shape index (κ3) is 5.36. The van der Waals surface area contributed by atoms with E-state index in [1.54, 1.807) is 13.8 Å². The summed E-state index contributed by atoms with van der Waals surface area (Å²) in [6.45, 7) is 5.97. The first-order valence-corrected chi connectivity index (χ1v) is 11.3. The van der Waals surface area contributed by atoms with Gasteiger partial charge in [0.15, 0.2) is 22.1 Å². The van der Waals surface area contributed by atoms with Crippen LogP contribution in [0.4, 0.5) is 8.78 Å². The molecule has 1 heterocycles. The molecule has 0 saturated carbocycles. The van der Waals surface area contributed by atoms with Gasteiger partial charge in [-0.1, -0.05) is 11.3 Å². The maximum Gasteiger partial charge on any atom is 0.325 e. The van der Waals surface area contributed by atoms with Crippen molar-refractivity contribution >= 4 is 33.4 Å². The van der Waals surface area contributed by atoms with Crippen molar-refractivity contribution in [1.29, 1.82) is 0 Å². The Hall–Kier alpha value is -3.47. The Morgan fingerprint density at radius 1 is 0.971 bits per heavy atom. The number of hydrogen-bond acceptors (Lipinski definition) is 7. The number of rotatable bonds is 9. The molecule has 1 amide bonds. The van der Waals surface area contributed by atoms with Gasteiger partial charge in [-0.15, -0.1) is 0 Å². The van der Waals surface area contributed by atoms with Crippen LogP contribution in [0, 0.1) is 11.6 Å². The predicted octanol–water partition coefficient (Wildman–Crippen LogP) is 4.09. The zero-order valence-electron chi connectivity index (χ0n) is 19.1. The molecular formula is C23H24F2N2O6S. The summed E-state index contributed by atoms with van der Waals surface area (Å²) < 4.78 is 51.3. The van der Waals surface area contributed by atoms with Crippen LogP contribution in [0.3, 0.4) is 0 Å². The number of aromatic nitrogens is 1. The Balaban J connectivity index is 2.18. The average Bonchev–Trinajstić information content (AvgIpc) is 3.12. The summed E-state index contributed by atoms with van der Waals surface area (Å²) in [5.41, 5.74) is 0.0733. The largest absolute Gasteiger partial charge is 0.490 e. The molecule has 0 unspecified atom stereocenters. The van der Waals surface area contributed by atoms with Gasteiger partial charge in [0.1, 0.15) is 12.4 Å². The Bertz CT molecular complexity index is 1260. The molecule has 34 heavy (non-hydrogen) atoms. The number of hydrogen-bond donors (Lipinski definition) is 0. The molecule has 0 atom stereocenters. The normalized spacial score (nSPS) is 11.5. The van der Waals surface area contributed by atoms with Crippen molar-refractivity contribution in [2.24, 2.45) is 4.99 Å². The van der Waals surface area contributed by atoms with Crippen LogP contribution in [0.15, 0.2) is 29.3 Å². The Morgan fingerprint density at radius 3 is 2.15 bits per heavy atom. The molecule has 8 nitrogen and oxygen atoms in total. The highest BCUT2D eigenvalue weighted by Gasteiger charge is 2.20. The summed E-state index contributed by atoms with van der Waals surface area (Å²) in [5.74, 6) is -2.08. The number of esters is 1. The molecule has 0 saturated heterocycles. The van der Waals surface area contributed by atoms with Crippen LogP contribution in [0.1, 0.15) is 31.1 Å². The zero-order valence-corrected chi connectivity index (χ0v) is 20.0. The van der Waals surface area contributed by atoms with E-state index in [-0.39, 0.29) is 20.6 Å². The third-order valence-electron chi connectivity index (χ3n) is 4.56. The number of amides is 1. The van der Waals surface area contributed by atoms with E-state index in [1.807, 2.05) is 6.92 Å². The van der Waals surface area contributed by atoms with Crippen LogP contribution in [-0.4, -0.2) is 43.4 Å². The van der Waals surface area contributed by atoms with Crippen molar-refractivity contribution < 1.29 is 37.3 Å². The van der Waals surface area contributed by atoms with E-state index >= 15 is 0 Å². The SMILES string of the molecule is CCOc1cc(C(=O)N=c2sc3cc(F)cc(F)c3n2CC(=O)OC)cc(OCC)c1OCC. The first-order chi connectivity index (χ1) is 16.3. The minimum Gasteiger partial charge on any atom is -0.490 e. The molecule has 0 spiro atoms. The van der Waals surface area contributed by atoms with Gasteiger partial charge in [0.25, 0.3) is 5.91 Å². The summed E-state index contributed by atoms with van der Waals surface area (Å²) in [6.07, 6.45) is 0. The Morgan fingerprint density at radius 2 is 1.59 bits per heavy atom. The van der Waals surface area contributed by atoms with Crippen LogP contribution in [0.25, 0.3) is 10.2 Å². The molecule has 0 fully saturated rings. The summed E-state index contributed by atoms with van der Waals surface area (Å²) in [6, 6.07) is 4.75. The molecular weight excluding hydrogens is 470 g/mol. The van der Waals surface area contributed by atoms with Gasteiger partial charge in [-0.3, -0.25) is 9.59 Å². The zero-order chi connectivity index (χ0) is 24.8. The van der Waals surface area contributed by atoms with Crippen molar-refractivity contribution in [1.82, 2.24) is 4.57 Å². The molecule has 182 valence electrons. The topological polar surface area (TPSA) is 88.4 Å². The second-order valence-corrected chi connectivity index (χ2v) is 7.81. The Labute approximate surface area is 198 Å². The number of benzene rings is 2. The van der Waals surface area contributed by atoms with E-state index in [0.29, 0.717) is 43.1 Å². The molecule has 0 bridgehead atoms. The van der Waals surface area contributed by atoms with E-state index < -0.39 is 30.1 Å². The minimum atomic E-state index is -0.887. The quantitative estimate of drug-likeness (QED) is 0.417. The molecule has 3 rings (SSSR count). The number of thiazole rings is 1. The predicted molar refractivity (Wildman–Crippen MR) is 122 cm³/mol. The first kappa shape index (κ1) is 25.2. The van der Waals surface area contributed by atoms with Gasteiger partial charge in [0.2, 0.25) is 5.75 Å². The fourth-order valence-corrected chi connectivity index (χ4v) is 4.29. The molecule has 0 aliphatic carbocycles. The Kier molecular flexibility index (Phi) is 8.21. The van der Waals surface area contributed by atoms with Crippen LogP contribution in [-0.2, 0) is 16.1 Å². The molecule has 3 aromatic rings. The maximum atomic E-state index is 14.5. The first-order valence-electron chi connectivity index (χ1n) is 10.5. The van der Waals surface area contributed by atoms with Crippen molar-refractivity contribution in [3.05, 3.63) is 46.3 Å². The lowest BCUT2D eigenvalue weighted by atomic mass is 10.1. The van der Waals surface area contributed by atoms with E-state index in [4.69, 9.17) is 14.2 Å². The number of ether oxygens (including phenoxy) is 4. The summed E-state index contributed by atoms with van der Waals surface area (Å²) >= 11 is 0.868. The summed E-state index contributed by atoms with van der Waals surface area (Å²) in [4.78, 5) is 29.2. The number of methoxy groups -OCH3 is 1. The lowest BCUT2D eigenvalue weighted by Crippen LogP contribution is -2.23. The maximum absolute atomic E-state index is 14.5. The number of fused-ring (bicyclic) bond motifs is 1. The molecule has 1 aromatic heterocycles. The number of carbonyl (C=O) groups is 2. The fraction of sp³-hybridized carbons (Fsp3) is 0.348. The van der Waals surface area contributed by atoms with E-state index in [1.165, 1.54) is 23.8 Å². The summed E-state index contributed by atoms with van der Waals surface area (Å²) in [5, 5.41) is 0. The van der Waals surface area contributed by atoms with E-state index in [2.05, 4.69) is 9.73 Å². The van der Waals surface area contributed by atoms with Crippen molar-refractivity contribution in [3.63, 3.8) is 0 Å². The van der Waals surface area contributed by atoms with Crippen molar-refractivity contribution in [3.8, 4) is 17.2 Å². The van der Waals surface area contributed by atoms with Gasteiger partial charge in [0, 0.05) is 11.6 Å². The summed E-state index contributed by atoms with van der Waals surface area (Å²) in [7, 11) is 1.18. The average molecular weight is 495 g/mol. The fourth-order valence-electron chi connectivity index (χ4n) is 3.22. The molecule has 2 aromatic carbocycles. The standard InChI is InChI=1S/C23H24F2N2O6S/c1-5-31-16-8-13(9-17(32-6-2)21(16)33-7-3)22(29)26-23-27(12-19(28)30-4)20-15(25)10-14(24)11-18(20)34-23/h8-11H,5-7,12H2,1-4H3. The van der Waals surface area contributed by atoms with Crippen molar-refractivity contribution in [2.45, 2.75) is 27.3 Å². The van der Waals surface area contributed by atoms with Crippen molar-refractivity contribution in [2.75, 3.05) is 26.9 Å². The molecule has 11 heteroatoms. The molecule has 0 N–H and O–H groups in total. The van der Waals surface area contributed by atoms with Crippen LogP contribution >= 0.6 is 11.3 Å². The highest BCUT2D eigenvalue weighted by molar-refractivity contribution is 7.16. The lowest BCUT2D eigenvalue weighted by molar-refractivity contribution is -0.141. The second-order valence-electron chi connectivity index (χ2n) is 6.80. The smallest absolute Gasteiger partial charge is 0.325 e. The minimum absolute atomic E-state index is 0.000274. The van der Waals surface area contributed by atoms with E-state index in [0.717, 1.165) is 17.4 Å². The van der Waals surface area contributed by atoms with Gasteiger partial charge < -0.3 is 23.5 Å². The van der Waals surface area contributed by atoms with Gasteiger partial charge >= 0.3 is 5.97 Å². The number of carbonyl (C=O) groups excluding carboxylic acids is 2. The molecule has 0 aliphatic heterocycles. The van der Waals surface area contributed by atoms with Gasteiger partial charge in [0.05, 0.1) is 37.1 Å². The third-order valence-corrected chi connectivity index (χ3v) is 5.59. The van der Waals surface area contributed by atoms with Crippen LogP contribution < -0.4 is 19.0 Å². The van der Waals surface area contributed by atoms with Gasteiger partial charge in [-0.2, -0.15) is 4.99 Å². The van der Waals surface area contributed by atoms with E-state index in [9.17, 15) is 18.4 Å². The monoisotopic (exact) mass is 494 g/mol. The lowest BCUT2D eigenvalue weighted by Gasteiger charge is -2.16. The molecule has 0 radical (unpaired) electrons. The highest BCUT2D eigenvalue weighted by Crippen LogP contribution is 2.39.